The molecule has 0 saturated carbocycles. The summed E-state index contributed by atoms with van der Waals surface area (Å²) in [7, 11) is 0. The van der Waals surface area contributed by atoms with Crippen LogP contribution in [0.4, 0.5) is 13.2 Å². The lowest BCUT2D eigenvalue weighted by Crippen LogP contribution is -2.05. The minimum Gasteiger partial charge on any atom is -0.388 e. The third kappa shape index (κ3) is 3.35. The number of hydrogen-bond acceptors (Lipinski definition) is 1. The van der Waals surface area contributed by atoms with Crippen LogP contribution >= 0.6 is 0 Å². The molecule has 4 heteroatoms. The summed E-state index contributed by atoms with van der Waals surface area (Å²) >= 11 is 0. The van der Waals surface area contributed by atoms with Gasteiger partial charge in [0.15, 0.2) is 0 Å². The van der Waals surface area contributed by atoms with E-state index in [0.29, 0.717) is 11.1 Å². The molecule has 0 bridgehead atoms. The zero-order valence-corrected chi connectivity index (χ0v) is 10.3. The maximum absolute atomic E-state index is 13.5. The highest BCUT2D eigenvalue weighted by Gasteiger charge is 2.13. The summed E-state index contributed by atoms with van der Waals surface area (Å²) in [6.45, 7) is 1.70. The van der Waals surface area contributed by atoms with E-state index in [2.05, 4.69) is 0 Å². The molecule has 0 amide bonds. The first-order chi connectivity index (χ1) is 8.95. The fourth-order valence-electron chi connectivity index (χ4n) is 1.98. The highest BCUT2D eigenvalue weighted by molar-refractivity contribution is 5.28. The molecule has 100 valence electrons. The van der Waals surface area contributed by atoms with Gasteiger partial charge in [-0.15, -0.1) is 0 Å². The van der Waals surface area contributed by atoms with Crippen molar-refractivity contribution in [3.05, 3.63) is 70.5 Å². The van der Waals surface area contributed by atoms with E-state index in [1.54, 1.807) is 13.0 Å². The Balaban J connectivity index is 2.25. The van der Waals surface area contributed by atoms with Crippen LogP contribution in [0.1, 0.15) is 22.8 Å². The number of hydrogen-bond donors (Lipinski definition) is 1. The van der Waals surface area contributed by atoms with Crippen molar-refractivity contribution >= 4 is 0 Å². The zero-order valence-electron chi connectivity index (χ0n) is 10.3. The van der Waals surface area contributed by atoms with Gasteiger partial charge in [-0.3, -0.25) is 0 Å². The van der Waals surface area contributed by atoms with E-state index in [1.807, 2.05) is 0 Å². The molecule has 0 saturated heterocycles. The van der Waals surface area contributed by atoms with Gasteiger partial charge >= 0.3 is 0 Å². The van der Waals surface area contributed by atoms with Gasteiger partial charge < -0.3 is 5.11 Å². The van der Waals surface area contributed by atoms with Gasteiger partial charge in [-0.2, -0.15) is 0 Å². The Hall–Kier alpha value is -1.81. The quantitative estimate of drug-likeness (QED) is 0.898. The summed E-state index contributed by atoms with van der Waals surface area (Å²) < 4.78 is 39.7. The van der Waals surface area contributed by atoms with E-state index in [-0.39, 0.29) is 12.0 Å². The molecular formula is C15H13F3O. The number of rotatable bonds is 3. The molecule has 0 aromatic heterocycles. The van der Waals surface area contributed by atoms with Crippen LogP contribution in [0, 0.1) is 24.4 Å². The molecule has 0 fully saturated rings. The topological polar surface area (TPSA) is 20.2 Å². The largest absolute Gasteiger partial charge is 0.388 e. The Bertz CT molecular complexity index is 576. The van der Waals surface area contributed by atoms with Crippen LogP contribution in [0.3, 0.4) is 0 Å². The van der Waals surface area contributed by atoms with Gasteiger partial charge in [-0.05, 0) is 53.9 Å². The van der Waals surface area contributed by atoms with Crippen LogP contribution in [0.5, 0.6) is 0 Å². The Kier molecular flexibility index (Phi) is 3.90. The van der Waals surface area contributed by atoms with Gasteiger partial charge in [-0.1, -0.05) is 6.07 Å². The van der Waals surface area contributed by atoms with Crippen LogP contribution in [-0.2, 0) is 6.42 Å². The Labute approximate surface area is 109 Å². The molecule has 0 spiro atoms. The minimum atomic E-state index is -1.08. The summed E-state index contributed by atoms with van der Waals surface area (Å²) in [6.07, 6.45) is -1.18. The lowest BCUT2D eigenvalue weighted by molar-refractivity contribution is 0.176. The van der Waals surface area contributed by atoms with Crippen molar-refractivity contribution < 1.29 is 18.3 Å². The molecule has 0 aliphatic carbocycles. The number of aliphatic hydroxyl groups is 1. The molecule has 0 aliphatic rings. The van der Waals surface area contributed by atoms with Gasteiger partial charge in [0.05, 0.1) is 6.10 Å². The predicted octanol–water partition coefficient (Wildman–Crippen LogP) is 3.69. The van der Waals surface area contributed by atoms with Crippen LogP contribution in [0.25, 0.3) is 0 Å². The third-order valence-electron chi connectivity index (χ3n) is 2.87. The normalized spacial score (nSPS) is 12.5. The van der Waals surface area contributed by atoms with Crippen molar-refractivity contribution in [1.29, 1.82) is 0 Å². The number of aliphatic hydroxyl groups excluding tert-OH is 1. The Morgan fingerprint density at radius 3 is 2.42 bits per heavy atom. The summed E-state index contributed by atoms with van der Waals surface area (Å²) in [5.41, 5.74) is 1.07. The molecule has 1 N–H and O–H groups in total. The van der Waals surface area contributed by atoms with Gasteiger partial charge in [-0.25, -0.2) is 13.2 Å². The lowest BCUT2D eigenvalue weighted by atomic mass is 9.99. The molecule has 1 atom stereocenters. The maximum atomic E-state index is 13.5. The summed E-state index contributed by atoms with van der Waals surface area (Å²) in [6, 6.07) is 7.19. The summed E-state index contributed by atoms with van der Waals surface area (Å²) in [5.74, 6) is -1.62. The van der Waals surface area contributed by atoms with Crippen LogP contribution in [-0.4, -0.2) is 5.11 Å². The molecule has 2 aromatic carbocycles. The first-order valence-corrected chi connectivity index (χ1v) is 5.85. The fourth-order valence-corrected chi connectivity index (χ4v) is 1.98. The molecule has 1 nitrogen and oxygen atoms in total. The van der Waals surface area contributed by atoms with Crippen molar-refractivity contribution in [3.63, 3.8) is 0 Å². The van der Waals surface area contributed by atoms with E-state index in [4.69, 9.17) is 0 Å². The molecule has 1 unspecified atom stereocenters. The molecule has 2 rings (SSSR count). The van der Waals surface area contributed by atoms with Crippen molar-refractivity contribution in [3.8, 4) is 0 Å². The molecule has 0 radical (unpaired) electrons. The Morgan fingerprint density at radius 1 is 1.00 bits per heavy atom. The number of aryl methyl sites for hydroxylation is 1. The standard InChI is InChI=1S/C15H13F3O/c1-9-4-11(7-13(17)5-9)15(19)8-10-6-12(16)2-3-14(10)18/h2-7,15,19H,8H2,1H3. The second-order valence-electron chi connectivity index (χ2n) is 4.52. The molecular weight excluding hydrogens is 253 g/mol. The predicted molar refractivity (Wildman–Crippen MR) is 66.2 cm³/mol. The van der Waals surface area contributed by atoms with E-state index in [0.717, 1.165) is 18.2 Å². The maximum Gasteiger partial charge on any atom is 0.126 e. The van der Waals surface area contributed by atoms with Crippen molar-refractivity contribution in [2.75, 3.05) is 0 Å². The summed E-state index contributed by atoms with van der Waals surface area (Å²) in [5, 5.41) is 9.98. The first-order valence-electron chi connectivity index (χ1n) is 5.85. The van der Waals surface area contributed by atoms with E-state index < -0.39 is 23.6 Å². The molecule has 19 heavy (non-hydrogen) atoms. The zero-order chi connectivity index (χ0) is 14.0. The van der Waals surface area contributed by atoms with Gasteiger partial charge in [0.2, 0.25) is 0 Å². The minimum absolute atomic E-state index is 0.0643. The summed E-state index contributed by atoms with van der Waals surface area (Å²) in [4.78, 5) is 0. The van der Waals surface area contributed by atoms with Crippen molar-refractivity contribution in [2.24, 2.45) is 0 Å². The highest BCUT2D eigenvalue weighted by atomic mass is 19.1. The number of benzene rings is 2. The van der Waals surface area contributed by atoms with Crippen molar-refractivity contribution in [1.82, 2.24) is 0 Å². The van der Waals surface area contributed by atoms with Gasteiger partial charge in [0.1, 0.15) is 17.5 Å². The molecule has 0 aliphatic heterocycles. The Morgan fingerprint density at radius 2 is 1.74 bits per heavy atom. The SMILES string of the molecule is Cc1cc(F)cc(C(O)Cc2cc(F)ccc2F)c1. The fraction of sp³-hybridized carbons (Fsp3) is 0.200. The van der Waals surface area contributed by atoms with E-state index in [1.165, 1.54) is 12.1 Å². The molecule has 2 aromatic rings. The smallest absolute Gasteiger partial charge is 0.126 e. The van der Waals surface area contributed by atoms with Crippen LogP contribution in [0.15, 0.2) is 36.4 Å². The second-order valence-corrected chi connectivity index (χ2v) is 4.52. The second kappa shape index (κ2) is 5.45. The van der Waals surface area contributed by atoms with E-state index >= 15 is 0 Å². The van der Waals surface area contributed by atoms with Crippen molar-refractivity contribution in [2.45, 2.75) is 19.4 Å². The van der Waals surface area contributed by atoms with Crippen LogP contribution in [0.2, 0.25) is 0 Å². The lowest BCUT2D eigenvalue weighted by Gasteiger charge is -2.13. The third-order valence-corrected chi connectivity index (χ3v) is 2.87. The highest BCUT2D eigenvalue weighted by Crippen LogP contribution is 2.22. The monoisotopic (exact) mass is 266 g/mol. The van der Waals surface area contributed by atoms with Gasteiger partial charge in [0, 0.05) is 6.42 Å². The number of halogens is 3. The average Bonchev–Trinajstić information content (AvgIpc) is 2.32. The molecule has 0 heterocycles. The van der Waals surface area contributed by atoms with Crippen LogP contribution < -0.4 is 0 Å². The van der Waals surface area contributed by atoms with E-state index in [9.17, 15) is 18.3 Å². The van der Waals surface area contributed by atoms with Gasteiger partial charge in [0.25, 0.3) is 0 Å². The average molecular weight is 266 g/mol. The first kappa shape index (κ1) is 13.6.